The summed E-state index contributed by atoms with van der Waals surface area (Å²) in [7, 11) is 0. The van der Waals surface area contributed by atoms with E-state index in [1.807, 2.05) is 12.1 Å². The van der Waals surface area contributed by atoms with Gasteiger partial charge in [-0.05, 0) is 35.9 Å². The van der Waals surface area contributed by atoms with Gasteiger partial charge in [0.2, 0.25) is 0 Å². The zero-order valence-electron chi connectivity index (χ0n) is 11.5. The van der Waals surface area contributed by atoms with Crippen molar-refractivity contribution in [1.29, 1.82) is 0 Å². The highest BCUT2D eigenvalue weighted by Crippen LogP contribution is 2.19. The summed E-state index contributed by atoms with van der Waals surface area (Å²) in [6.45, 7) is 0.500. The summed E-state index contributed by atoms with van der Waals surface area (Å²) in [5.41, 5.74) is 1.69. The molecule has 2 aromatic rings. The highest BCUT2D eigenvalue weighted by molar-refractivity contribution is 6.18. The molecule has 2 rings (SSSR count). The molecular weight excluding hydrogens is 289 g/mol. The lowest BCUT2D eigenvalue weighted by Gasteiger charge is -2.08. The van der Waals surface area contributed by atoms with E-state index < -0.39 is 0 Å². The van der Waals surface area contributed by atoms with Crippen molar-refractivity contribution in [1.82, 2.24) is 4.98 Å². The van der Waals surface area contributed by atoms with Crippen LogP contribution in [0.15, 0.2) is 42.7 Å². The van der Waals surface area contributed by atoms with Crippen LogP contribution in [0.5, 0.6) is 5.75 Å². The van der Waals surface area contributed by atoms with E-state index in [2.05, 4.69) is 16.8 Å². The number of nitrogens with zero attached hydrogens (tertiary/aromatic N) is 1. The van der Waals surface area contributed by atoms with Crippen molar-refractivity contribution in [2.24, 2.45) is 0 Å². The highest BCUT2D eigenvalue weighted by atomic mass is 35.5. The molecule has 0 aliphatic carbocycles. The van der Waals surface area contributed by atoms with Crippen LogP contribution in [0, 0.1) is 17.7 Å². The molecular formula is C17H15ClFNO. The summed E-state index contributed by atoms with van der Waals surface area (Å²) < 4.78 is 19.0. The van der Waals surface area contributed by atoms with Crippen LogP contribution in [0.1, 0.15) is 17.5 Å². The number of halogens is 2. The van der Waals surface area contributed by atoms with E-state index in [1.54, 1.807) is 18.5 Å². The number of ether oxygens (including phenoxy) is 1. The van der Waals surface area contributed by atoms with Crippen LogP contribution < -0.4 is 4.74 Å². The number of rotatable bonds is 5. The normalized spacial score (nSPS) is 9.81. The maximum atomic E-state index is 13.3. The molecule has 0 radical (unpaired) electrons. The topological polar surface area (TPSA) is 22.1 Å². The van der Waals surface area contributed by atoms with E-state index in [0.717, 1.165) is 12.0 Å². The highest BCUT2D eigenvalue weighted by Gasteiger charge is 2.03. The molecule has 1 heterocycles. The van der Waals surface area contributed by atoms with E-state index in [9.17, 15) is 4.39 Å². The molecule has 2 nitrogen and oxygen atoms in total. The van der Waals surface area contributed by atoms with Gasteiger partial charge in [-0.25, -0.2) is 4.39 Å². The number of pyridine rings is 1. The minimum absolute atomic E-state index is 0.327. The molecule has 0 unspecified atom stereocenters. The molecule has 0 amide bonds. The van der Waals surface area contributed by atoms with Gasteiger partial charge in [0.1, 0.15) is 11.6 Å². The van der Waals surface area contributed by atoms with Gasteiger partial charge in [-0.15, -0.1) is 11.6 Å². The minimum Gasteiger partial charge on any atom is -0.492 e. The lowest BCUT2D eigenvalue weighted by molar-refractivity contribution is 0.320. The standard InChI is InChI=1S/C17H15ClFNO/c18-9-2-1-3-15-13-16(19)4-5-17(15)21-12-8-14-6-10-20-11-7-14/h4-7,10-11,13H,2,8-9,12H2. The summed E-state index contributed by atoms with van der Waals surface area (Å²) >= 11 is 5.58. The van der Waals surface area contributed by atoms with Gasteiger partial charge in [0.05, 0.1) is 12.2 Å². The third-order valence-corrected chi connectivity index (χ3v) is 2.97. The second kappa shape index (κ2) is 8.28. The Labute approximate surface area is 128 Å². The average Bonchev–Trinajstić information content (AvgIpc) is 2.51. The number of aromatic nitrogens is 1. The number of alkyl halides is 1. The largest absolute Gasteiger partial charge is 0.492 e. The Bertz CT molecular complexity index is 634. The molecule has 21 heavy (non-hydrogen) atoms. The van der Waals surface area contributed by atoms with Crippen LogP contribution in [0.2, 0.25) is 0 Å². The predicted molar refractivity (Wildman–Crippen MR) is 82.1 cm³/mol. The van der Waals surface area contributed by atoms with Crippen LogP contribution in [-0.4, -0.2) is 17.5 Å². The van der Waals surface area contributed by atoms with Gasteiger partial charge < -0.3 is 4.74 Å². The maximum Gasteiger partial charge on any atom is 0.135 e. The first-order valence-electron chi connectivity index (χ1n) is 6.65. The number of benzene rings is 1. The Morgan fingerprint density at radius 1 is 1.19 bits per heavy atom. The van der Waals surface area contributed by atoms with Crippen molar-refractivity contribution in [2.75, 3.05) is 12.5 Å². The fourth-order valence-corrected chi connectivity index (χ4v) is 1.85. The van der Waals surface area contributed by atoms with Gasteiger partial charge in [-0.3, -0.25) is 4.98 Å². The van der Waals surface area contributed by atoms with Crippen molar-refractivity contribution in [3.05, 3.63) is 59.7 Å². The van der Waals surface area contributed by atoms with Gasteiger partial charge in [0.25, 0.3) is 0 Å². The van der Waals surface area contributed by atoms with E-state index in [1.165, 1.54) is 12.1 Å². The summed E-state index contributed by atoms with van der Waals surface area (Å²) in [4.78, 5) is 3.97. The van der Waals surface area contributed by atoms with Crippen molar-refractivity contribution in [3.63, 3.8) is 0 Å². The summed E-state index contributed by atoms with van der Waals surface area (Å²) in [6.07, 6.45) is 4.82. The fourth-order valence-electron chi connectivity index (χ4n) is 1.76. The summed E-state index contributed by atoms with van der Waals surface area (Å²) in [6, 6.07) is 8.23. The van der Waals surface area contributed by atoms with Crippen molar-refractivity contribution in [3.8, 4) is 17.6 Å². The van der Waals surface area contributed by atoms with Crippen LogP contribution in [-0.2, 0) is 6.42 Å². The zero-order chi connectivity index (χ0) is 14.9. The van der Waals surface area contributed by atoms with Gasteiger partial charge >= 0.3 is 0 Å². The molecule has 1 aromatic carbocycles. The summed E-state index contributed by atoms with van der Waals surface area (Å²) in [5.74, 6) is 6.51. The number of hydrogen-bond acceptors (Lipinski definition) is 2. The lowest BCUT2D eigenvalue weighted by atomic mass is 10.2. The molecule has 0 aliphatic rings. The molecule has 0 bridgehead atoms. The van der Waals surface area contributed by atoms with Crippen LogP contribution >= 0.6 is 11.6 Å². The zero-order valence-corrected chi connectivity index (χ0v) is 12.2. The van der Waals surface area contributed by atoms with Crippen LogP contribution in [0.3, 0.4) is 0 Å². The third-order valence-electron chi connectivity index (χ3n) is 2.78. The van der Waals surface area contributed by atoms with Gasteiger partial charge in [0.15, 0.2) is 0 Å². The molecule has 0 atom stereocenters. The molecule has 0 saturated carbocycles. The van der Waals surface area contributed by atoms with Crippen molar-refractivity contribution < 1.29 is 9.13 Å². The lowest BCUT2D eigenvalue weighted by Crippen LogP contribution is -2.03. The Morgan fingerprint density at radius 3 is 2.76 bits per heavy atom. The smallest absolute Gasteiger partial charge is 0.135 e. The summed E-state index contributed by atoms with van der Waals surface area (Å²) in [5, 5.41) is 0. The minimum atomic E-state index is -0.327. The molecule has 1 aromatic heterocycles. The SMILES string of the molecule is Fc1ccc(OCCc2ccncc2)c(C#CCCCl)c1. The maximum absolute atomic E-state index is 13.3. The molecule has 0 aliphatic heterocycles. The quantitative estimate of drug-likeness (QED) is 0.619. The van der Waals surface area contributed by atoms with E-state index >= 15 is 0 Å². The molecule has 4 heteroatoms. The van der Waals surface area contributed by atoms with E-state index in [-0.39, 0.29) is 5.82 Å². The molecule has 0 saturated heterocycles. The van der Waals surface area contributed by atoms with Crippen molar-refractivity contribution >= 4 is 11.6 Å². The molecule has 0 N–H and O–H groups in total. The third kappa shape index (κ3) is 5.09. The predicted octanol–water partition coefficient (Wildman–Crippen LogP) is 3.82. The second-order valence-electron chi connectivity index (χ2n) is 4.34. The fraction of sp³-hybridized carbons (Fsp3) is 0.235. The Morgan fingerprint density at radius 2 is 2.00 bits per heavy atom. The van der Waals surface area contributed by atoms with Crippen molar-refractivity contribution in [2.45, 2.75) is 12.8 Å². The van der Waals surface area contributed by atoms with Crippen LogP contribution in [0.25, 0.3) is 0 Å². The average molecular weight is 304 g/mol. The van der Waals surface area contributed by atoms with Crippen LogP contribution in [0.4, 0.5) is 4.39 Å². The van der Waals surface area contributed by atoms with E-state index in [4.69, 9.17) is 16.3 Å². The van der Waals surface area contributed by atoms with Gasteiger partial charge in [-0.2, -0.15) is 0 Å². The first-order chi connectivity index (χ1) is 10.3. The molecule has 0 spiro atoms. The Kier molecular flexibility index (Phi) is 6.05. The Balaban J connectivity index is 2.01. The first-order valence-corrected chi connectivity index (χ1v) is 7.19. The van der Waals surface area contributed by atoms with Gasteiger partial charge in [0, 0.05) is 31.1 Å². The molecule has 0 fully saturated rings. The first kappa shape index (κ1) is 15.3. The van der Waals surface area contributed by atoms with E-state index in [0.29, 0.717) is 30.2 Å². The number of hydrogen-bond donors (Lipinski definition) is 0. The monoisotopic (exact) mass is 303 g/mol. The Hall–Kier alpha value is -2.05. The van der Waals surface area contributed by atoms with Gasteiger partial charge in [-0.1, -0.05) is 11.8 Å². The molecule has 108 valence electrons. The second-order valence-corrected chi connectivity index (χ2v) is 4.71.